The molecule has 2 heterocycles. The number of rotatable bonds is 3. The van der Waals surface area contributed by atoms with E-state index < -0.39 is 6.04 Å². The lowest BCUT2D eigenvalue weighted by Gasteiger charge is -2.13. The number of ether oxygens (including phenoxy) is 1. The third-order valence-electron chi connectivity index (χ3n) is 4.63. The zero-order chi connectivity index (χ0) is 18.4. The van der Waals surface area contributed by atoms with Gasteiger partial charge in [0.15, 0.2) is 5.43 Å². The zero-order valence-corrected chi connectivity index (χ0v) is 14.9. The zero-order valence-electron chi connectivity index (χ0n) is 14.9. The summed E-state index contributed by atoms with van der Waals surface area (Å²) >= 11 is 0. The average Bonchev–Trinajstić information content (AvgIpc) is 2.94. The van der Waals surface area contributed by atoms with Crippen LogP contribution in [0.5, 0.6) is 5.75 Å². The number of amides is 1. The van der Waals surface area contributed by atoms with Crippen molar-refractivity contribution in [3.63, 3.8) is 0 Å². The highest BCUT2D eigenvalue weighted by Crippen LogP contribution is 2.33. The summed E-state index contributed by atoms with van der Waals surface area (Å²) in [5.74, 6) is 0.427. The number of hydrogen-bond donors (Lipinski definition) is 1. The SMILES string of the molecule is CCOc1cccc(C2NC(=O)c3oc4c(C)cc(C)cc4c(=O)c32)c1. The highest BCUT2D eigenvalue weighted by Gasteiger charge is 2.36. The summed E-state index contributed by atoms with van der Waals surface area (Å²) in [5.41, 5.74) is 3.28. The molecule has 2 aromatic carbocycles. The lowest BCUT2D eigenvalue weighted by atomic mass is 9.98. The van der Waals surface area contributed by atoms with E-state index in [4.69, 9.17) is 9.15 Å². The van der Waals surface area contributed by atoms with Crippen LogP contribution >= 0.6 is 0 Å². The molecule has 4 rings (SSSR count). The highest BCUT2D eigenvalue weighted by atomic mass is 16.5. The first kappa shape index (κ1) is 16.4. The molecule has 1 unspecified atom stereocenters. The molecule has 1 atom stereocenters. The number of hydrogen-bond acceptors (Lipinski definition) is 4. The molecule has 0 radical (unpaired) electrons. The van der Waals surface area contributed by atoms with Crippen LogP contribution in [0.3, 0.4) is 0 Å². The third-order valence-corrected chi connectivity index (χ3v) is 4.63. The average molecular weight is 349 g/mol. The minimum absolute atomic E-state index is 0.0984. The van der Waals surface area contributed by atoms with Crippen LogP contribution < -0.4 is 15.5 Å². The quantitative estimate of drug-likeness (QED) is 0.784. The molecule has 1 aliphatic heterocycles. The molecule has 0 saturated carbocycles. The topological polar surface area (TPSA) is 68.5 Å². The van der Waals surface area contributed by atoms with E-state index in [1.807, 2.05) is 57.2 Å². The summed E-state index contributed by atoms with van der Waals surface area (Å²) in [6, 6.07) is 10.6. The molecule has 1 aromatic heterocycles. The van der Waals surface area contributed by atoms with Crippen LogP contribution in [-0.2, 0) is 0 Å². The minimum atomic E-state index is -0.542. The van der Waals surface area contributed by atoms with Gasteiger partial charge in [-0.15, -0.1) is 0 Å². The van der Waals surface area contributed by atoms with Gasteiger partial charge < -0.3 is 14.5 Å². The molecule has 0 fully saturated rings. The second-order valence-corrected chi connectivity index (χ2v) is 6.54. The molecule has 132 valence electrons. The van der Waals surface area contributed by atoms with Gasteiger partial charge in [-0.3, -0.25) is 9.59 Å². The summed E-state index contributed by atoms with van der Waals surface area (Å²) in [4.78, 5) is 25.6. The van der Waals surface area contributed by atoms with Gasteiger partial charge in [0.2, 0.25) is 5.76 Å². The Morgan fingerprint density at radius 2 is 1.96 bits per heavy atom. The number of carbonyl (C=O) groups excluding carboxylic acids is 1. The van der Waals surface area contributed by atoms with Gasteiger partial charge >= 0.3 is 0 Å². The van der Waals surface area contributed by atoms with E-state index in [-0.39, 0.29) is 17.1 Å². The first-order chi connectivity index (χ1) is 12.5. The van der Waals surface area contributed by atoms with Crippen molar-refractivity contribution in [1.29, 1.82) is 0 Å². The molecule has 1 N–H and O–H groups in total. The molecule has 0 aliphatic carbocycles. The Labute approximate surface area is 150 Å². The van der Waals surface area contributed by atoms with E-state index in [1.54, 1.807) is 0 Å². The second kappa shape index (κ2) is 6.02. The molecule has 0 saturated heterocycles. The number of benzene rings is 2. The van der Waals surface area contributed by atoms with Gasteiger partial charge in [0.1, 0.15) is 11.3 Å². The summed E-state index contributed by atoms with van der Waals surface area (Å²) in [7, 11) is 0. The van der Waals surface area contributed by atoms with Gasteiger partial charge in [0.25, 0.3) is 5.91 Å². The summed E-state index contributed by atoms with van der Waals surface area (Å²) in [6.45, 7) is 6.26. The van der Waals surface area contributed by atoms with Crippen LogP contribution in [0, 0.1) is 13.8 Å². The van der Waals surface area contributed by atoms with E-state index in [1.165, 1.54) is 0 Å². The lowest BCUT2D eigenvalue weighted by Crippen LogP contribution is -2.22. The van der Waals surface area contributed by atoms with Crippen molar-refractivity contribution in [2.45, 2.75) is 26.8 Å². The smallest absolute Gasteiger partial charge is 0.288 e. The first-order valence-electron chi connectivity index (χ1n) is 8.61. The van der Waals surface area contributed by atoms with Crippen molar-refractivity contribution in [2.24, 2.45) is 0 Å². The van der Waals surface area contributed by atoms with Crippen LogP contribution in [0.4, 0.5) is 0 Å². The van der Waals surface area contributed by atoms with Crippen molar-refractivity contribution in [3.8, 4) is 5.75 Å². The van der Waals surface area contributed by atoms with Crippen LogP contribution in [0.15, 0.2) is 45.6 Å². The molecule has 1 amide bonds. The molecule has 26 heavy (non-hydrogen) atoms. The van der Waals surface area contributed by atoms with Crippen molar-refractivity contribution in [1.82, 2.24) is 5.32 Å². The minimum Gasteiger partial charge on any atom is -0.494 e. The maximum absolute atomic E-state index is 13.2. The summed E-state index contributed by atoms with van der Waals surface area (Å²) in [6.07, 6.45) is 0. The summed E-state index contributed by atoms with van der Waals surface area (Å²) < 4.78 is 11.4. The van der Waals surface area contributed by atoms with E-state index in [2.05, 4.69) is 5.32 Å². The fourth-order valence-electron chi connectivity index (χ4n) is 3.56. The Bertz CT molecular complexity index is 1100. The van der Waals surface area contributed by atoms with E-state index in [9.17, 15) is 9.59 Å². The molecule has 0 bridgehead atoms. The van der Waals surface area contributed by atoms with Gasteiger partial charge in [-0.05, 0) is 55.7 Å². The fraction of sp³-hybridized carbons (Fsp3) is 0.238. The molecule has 5 nitrogen and oxygen atoms in total. The molecule has 1 aliphatic rings. The van der Waals surface area contributed by atoms with Crippen LogP contribution in [0.2, 0.25) is 0 Å². The lowest BCUT2D eigenvalue weighted by molar-refractivity contribution is 0.0938. The number of carbonyl (C=O) groups is 1. The van der Waals surface area contributed by atoms with Gasteiger partial charge in [-0.1, -0.05) is 18.2 Å². The van der Waals surface area contributed by atoms with Crippen molar-refractivity contribution in [3.05, 3.63) is 74.6 Å². The standard InChI is InChI=1S/C21H19NO4/c1-4-25-14-7-5-6-13(10-14)17-16-18(23)15-9-11(2)8-12(3)19(15)26-20(16)21(24)22-17/h5-10,17H,4H2,1-3H3,(H,22,24). The normalized spacial score (nSPS) is 15.8. The Balaban J connectivity index is 1.95. The van der Waals surface area contributed by atoms with Crippen LogP contribution in [-0.4, -0.2) is 12.5 Å². The van der Waals surface area contributed by atoms with Gasteiger partial charge in [-0.2, -0.15) is 0 Å². The largest absolute Gasteiger partial charge is 0.494 e. The highest BCUT2D eigenvalue weighted by molar-refractivity contribution is 5.99. The Kier molecular flexibility index (Phi) is 3.80. The molecular weight excluding hydrogens is 330 g/mol. The van der Waals surface area contributed by atoms with Crippen LogP contribution in [0.1, 0.15) is 45.8 Å². The van der Waals surface area contributed by atoms with Crippen molar-refractivity contribution in [2.75, 3.05) is 6.61 Å². The number of nitrogens with one attached hydrogen (secondary N) is 1. The van der Waals surface area contributed by atoms with Gasteiger partial charge in [-0.25, -0.2) is 0 Å². The van der Waals surface area contributed by atoms with Crippen molar-refractivity contribution >= 4 is 16.9 Å². The van der Waals surface area contributed by atoms with Gasteiger partial charge in [0.05, 0.1) is 23.6 Å². The van der Waals surface area contributed by atoms with E-state index in [0.29, 0.717) is 28.9 Å². The molecule has 5 heteroatoms. The van der Waals surface area contributed by atoms with Crippen LogP contribution in [0.25, 0.3) is 11.0 Å². The first-order valence-corrected chi connectivity index (χ1v) is 8.61. The molecule has 0 spiro atoms. The maximum Gasteiger partial charge on any atom is 0.288 e. The predicted octanol–water partition coefficient (Wildman–Crippen LogP) is 3.64. The summed E-state index contributed by atoms with van der Waals surface area (Å²) in [5, 5.41) is 3.37. The maximum atomic E-state index is 13.2. The van der Waals surface area contributed by atoms with E-state index in [0.717, 1.165) is 16.7 Å². The van der Waals surface area contributed by atoms with E-state index >= 15 is 0 Å². The van der Waals surface area contributed by atoms with Gasteiger partial charge in [0, 0.05) is 0 Å². The molecular formula is C21H19NO4. The molecule has 3 aromatic rings. The number of aryl methyl sites for hydroxylation is 2. The predicted molar refractivity (Wildman–Crippen MR) is 98.9 cm³/mol. The Morgan fingerprint density at radius 1 is 1.15 bits per heavy atom. The second-order valence-electron chi connectivity index (χ2n) is 6.54. The monoisotopic (exact) mass is 349 g/mol. The fourth-order valence-corrected chi connectivity index (χ4v) is 3.56. The Hall–Kier alpha value is -3.08. The number of fused-ring (bicyclic) bond motifs is 2. The van der Waals surface area contributed by atoms with Crippen molar-refractivity contribution < 1.29 is 13.9 Å². The Morgan fingerprint density at radius 3 is 2.73 bits per heavy atom. The third kappa shape index (κ3) is 2.47.